The molecule has 18 heavy (non-hydrogen) atoms. The molecule has 0 fully saturated rings. The van der Waals surface area contributed by atoms with Crippen molar-refractivity contribution in [2.24, 2.45) is 0 Å². The van der Waals surface area contributed by atoms with E-state index in [9.17, 15) is 4.79 Å². The summed E-state index contributed by atoms with van der Waals surface area (Å²) in [6.45, 7) is 1.77. The van der Waals surface area contributed by atoms with E-state index in [1.54, 1.807) is 26.2 Å². The van der Waals surface area contributed by atoms with Crippen LogP contribution in [0.2, 0.25) is 0 Å². The summed E-state index contributed by atoms with van der Waals surface area (Å²) in [5.74, 6) is 1.19. The van der Waals surface area contributed by atoms with Crippen molar-refractivity contribution in [1.29, 1.82) is 0 Å². The topological polar surface area (TPSA) is 39.4 Å². The zero-order valence-corrected chi connectivity index (χ0v) is 14.3. The highest BCUT2D eigenvalue weighted by atomic mass is 79.9. The number of aryl methyl sites for hydroxylation is 1. The van der Waals surface area contributed by atoms with E-state index in [0.29, 0.717) is 22.7 Å². The van der Waals surface area contributed by atoms with Gasteiger partial charge in [-0.1, -0.05) is 31.9 Å². The number of ether oxygens (including phenoxy) is 1. The summed E-state index contributed by atoms with van der Waals surface area (Å²) in [6, 6.07) is 3.60. The van der Waals surface area contributed by atoms with Crippen molar-refractivity contribution in [1.82, 2.24) is 0 Å². The third-order valence-corrected chi connectivity index (χ3v) is 4.03. The number of fused-ring (bicyclic) bond motifs is 1. The Kier molecular flexibility index (Phi) is 4.18. The highest BCUT2D eigenvalue weighted by Crippen LogP contribution is 2.36. The van der Waals surface area contributed by atoms with Crippen LogP contribution in [0.25, 0.3) is 11.0 Å². The first-order valence-electron chi connectivity index (χ1n) is 5.04. The molecule has 0 spiro atoms. The molecule has 0 saturated carbocycles. The summed E-state index contributed by atoms with van der Waals surface area (Å²) < 4.78 is 11.2. The van der Waals surface area contributed by atoms with Crippen LogP contribution in [0.15, 0.2) is 21.0 Å². The molecule has 0 aliphatic heterocycles. The average molecular weight is 441 g/mol. The van der Waals surface area contributed by atoms with Crippen molar-refractivity contribution >= 4 is 64.5 Å². The van der Waals surface area contributed by atoms with Crippen LogP contribution >= 0.6 is 47.8 Å². The highest BCUT2D eigenvalue weighted by Gasteiger charge is 2.23. The molecule has 2 rings (SSSR count). The van der Waals surface area contributed by atoms with Gasteiger partial charge in [-0.15, -0.1) is 0 Å². The molecule has 0 atom stereocenters. The quantitative estimate of drug-likeness (QED) is 0.508. The zero-order valence-electron chi connectivity index (χ0n) is 9.59. The second-order valence-corrected chi connectivity index (χ2v) is 7.60. The van der Waals surface area contributed by atoms with E-state index in [4.69, 9.17) is 9.15 Å². The van der Waals surface area contributed by atoms with Gasteiger partial charge >= 0.3 is 0 Å². The van der Waals surface area contributed by atoms with Crippen LogP contribution in [0.5, 0.6) is 5.75 Å². The molecule has 0 aliphatic carbocycles. The van der Waals surface area contributed by atoms with E-state index in [1.807, 2.05) is 0 Å². The fourth-order valence-corrected chi connectivity index (χ4v) is 2.73. The third-order valence-electron chi connectivity index (χ3n) is 2.58. The Bertz CT molecular complexity index is 617. The van der Waals surface area contributed by atoms with Crippen LogP contribution in [-0.2, 0) is 0 Å². The molecular formula is C12H9Br3O3. The molecule has 96 valence electrons. The van der Waals surface area contributed by atoms with E-state index >= 15 is 0 Å². The summed E-state index contributed by atoms with van der Waals surface area (Å²) in [4.78, 5) is 12.1. The van der Waals surface area contributed by atoms with Gasteiger partial charge in [-0.05, 0) is 35.0 Å². The fourth-order valence-electron chi connectivity index (χ4n) is 1.79. The lowest BCUT2D eigenvalue weighted by Gasteiger charge is -2.04. The van der Waals surface area contributed by atoms with Gasteiger partial charge in [0.15, 0.2) is 5.78 Å². The minimum atomic E-state index is -0.431. The lowest BCUT2D eigenvalue weighted by Crippen LogP contribution is -2.07. The summed E-state index contributed by atoms with van der Waals surface area (Å²) in [6.07, 6.45) is 0. The molecule has 0 aliphatic rings. The number of furan rings is 1. The van der Waals surface area contributed by atoms with Gasteiger partial charge in [-0.3, -0.25) is 4.79 Å². The third kappa shape index (κ3) is 2.38. The predicted octanol–water partition coefficient (Wildman–Crippen LogP) is 4.81. The van der Waals surface area contributed by atoms with Crippen molar-refractivity contribution < 1.29 is 13.9 Å². The van der Waals surface area contributed by atoms with E-state index in [2.05, 4.69) is 47.8 Å². The highest BCUT2D eigenvalue weighted by molar-refractivity contribution is 9.25. The van der Waals surface area contributed by atoms with Gasteiger partial charge in [0.2, 0.25) is 0 Å². The molecule has 1 heterocycles. The molecule has 0 amide bonds. The lowest BCUT2D eigenvalue weighted by atomic mass is 10.1. The second kappa shape index (κ2) is 5.35. The number of hydrogen-bond donors (Lipinski definition) is 0. The number of carbonyl (C=O) groups excluding carboxylic acids is 1. The van der Waals surface area contributed by atoms with Crippen LogP contribution in [0.4, 0.5) is 0 Å². The Balaban J connectivity index is 2.73. The Morgan fingerprint density at radius 1 is 1.39 bits per heavy atom. The number of ketones is 1. The maximum absolute atomic E-state index is 12.1. The van der Waals surface area contributed by atoms with Gasteiger partial charge in [-0.25, -0.2) is 0 Å². The Morgan fingerprint density at radius 2 is 2.06 bits per heavy atom. The Morgan fingerprint density at radius 3 is 2.61 bits per heavy atom. The number of hydrogen-bond acceptors (Lipinski definition) is 3. The van der Waals surface area contributed by atoms with E-state index < -0.39 is 3.74 Å². The van der Waals surface area contributed by atoms with Crippen LogP contribution in [0, 0.1) is 6.92 Å². The number of Topliss-reactive ketones (excluding diaryl/α,β-unsaturated/α-hetero) is 1. The Labute approximate surface area is 129 Å². The maximum atomic E-state index is 12.1. The van der Waals surface area contributed by atoms with Gasteiger partial charge in [0, 0.05) is 5.39 Å². The van der Waals surface area contributed by atoms with Crippen molar-refractivity contribution in [3.05, 3.63) is 27.9 Å². The molecule has 1 aromatic carbocycles. The van der Waals surface area contributed by atoms with Gasteiger partial charge < -0.3 is 9.15 Å². The maximum Gasteiger partial charge on any atom is 0.191 e. The summed E-state index contributed by atoms with van der Waals surface area (Å²) in [7, 11) is 1.58. The molecule has 2 aromatic rings. The van der Waals surface area contributed by atoms with Crippen LogP contribution < -0.4 is 4.74 Å². The number of rotatable bonds is 3. The lowest BCUT2D eigenvalue weighted by molar-refractivity contribution is 0.101. The second-order valence-electron chi connectivity index (χ2n) is 3.68. The first kappa shape index (κ1) is 14.1. The normalized spacial score (nSPS) is 11.2. The molecule has 6 heteroatoms. The minimum Gasteiger partial charge on any atom is -0.496 e. The molecule has 0 saturated heterocycles. The summed E-state index contributed by atoms with van der Waals surface area (Å²) in [5.41, 5.74) is 1.22. The number of methoxy groups -OCH3 is 1. The SMILES string of the molecule is COc1cc2c(C(=O)C(Br)Br)c(C)oc2cc1Br. The molecule has 0 radical (unpaired) electrons. The van der Waals surface area contributed by atoms with Crippen LogP contribution in [0.3, 0.4) is 0 Å². The molecule has 0 N–H and O–H groups in total. The summed E-state index contributed by atoms with van der Waals surface area (Å²) >= 11 is 9.82. The van der Waals surface area contributed by atoms with Crippen molar-refractivity contribution in [2.45, 2.75) is 10.7 Å². The van der Waals surface area contributed by atoms with Crippen molar-refractivity contribution in [2.75, 3.05) is 7.11 Å². The first-order valence-corrected chi connectivity index (χ1v) is 7.67. The van der Waals surface area contributed by atoms with Gasteiger partial charge in [0.05, 0.1) is 17.1 Å². The van der Waals surface area contributed by atoms with Crippen LogP contribution in [0.1, 0.15) is 16.1 Å². The number of carbonyl (C=O) groups is 1. The molecule has 0 bridgehead atoms. The van der Waals surface area contributed by atoms with Crippen LogP contribution in [-0.4, -0.2) is 16.6 Å². The van der Waals surface area contributed by atoms with Gasteiger partial charge in [-0.2, -0.15) is 0 Å². The summed E-state index contributed by atoms with van der Waals surface area (Å²) in [5, 5.41) is 0.751. The van der Waals surface area contributed by atoms with Gasteiger partial charge in [0.25, 0.3) is 0 Å². The minimum absolute atomic E-state index is 0.0735. The van der Waals surface area contributed by atoms with E-state index in [0.717, 1.165) is 9.86 Å². The van der Waals surface area contributed by atoms with Gasteiger partial charge in [0.1, 0.15) is 20.8 Å². The molecule has 0 unspecified atom stereocenters. The van der Waals surface area contributed by atoms with E-state index in [-0.39, 0.29) is 5.78 Å². The monoisotopic (exact) mass is 438 g/mol. The molecule has 3 nitrogen and oxygen atoms in total. The standard InChI is InChI=1S/C12H9Br3O3/c1-5-10(11(16)12(14)15)6-3-9(17-2)7(13)4-8(6)18-5/h3-4,12H,1-2H3. The fraction of sp³-hybridized carbons (Fsp3) is 0.250. The molecule has 1 aromatic heterocycles. The Hall–Kier alpha value is -0.330. The first-order chi connectivity index (χ1) is 8.45. The largest absolute Gasteiger partial charge is 0.496 e. The van der Waals surface area contributed by atoms with Crippen molar-refractivity contribution in [3.8, 4) is 5.75 Å². The zero-order chi connectivity index (χ0) is 13.4. The average Bonchev–Trinajstić information content (AvgIpc) is 2.61. The number of alkyl halides is 2. The number of halogens is 3. The predicted molar refractivity (Wildman–Crippen MR) is 81.2 cm³/mol. The molecular weight excluding hydrogens is 432 g/mol. The van der Waals surface area contributed by atoms with Crippen molar-refractivity contribution in [3.63, 3.8) is 0 Å². The smallest absolute Gasteiger partial charge is 0.191 e. The van der Waals surface area contributed by atoms with E-state index in [1.165, 1.54) is 0 Å². The number of benzene rings is 1.